The summed E-state index contributed by atoms with van der Waals surface area (Å²) in [6, 6.07) is 8.28. The number of carbonyl (C=O) groups excluding carboxylic acids is 1. The quantitative estimate of drug-likeness (QED) is 0.550. The fraction of sp³-hybridized carbons (Fsp3) is 0.458. The number of fused-ring (bicyclic) bond motifs is 2. The molecule has 8 nitrogen and oxygen atoms in total. The van der Waals surface area contributed by atoms with E-state index in [4.69, 9.17) is 9.84 Å². The highest BCUT2D eigenvalue weighted by Crippen LogP contribution is 2.38. The second-order valence-electron chi connectivity index (χ2n) is 8.92. The number of anilines is 1. The number of aliphatic hydroxyl groups is 1. The second-order valence-corrected chi connectivity index (χ2v) is 8.92. The van der Waals surface area contributed by atoms with Crippen molar-refractivity contribution in [2.75, 3.05) is 19.0 Å². The number of benzene rings is 1. The van der Waals surface area contributed by atoms with Crippen LogP contribution in [0, 0.1) is 0 Å². The standard InChI is InChI=1S/C24H29N5O3/c1-14(13-32-2)27-24-26-12-22-20(16-5-8-19-17(9-16)11-25-23(19)31)10-21(29(22)28-24)15-3-6-18(30)7-4-15/h5,8-10,12,14-15,18,30H,3-4,6-7,11,13H2,1-2H3,(H,25,31)(H,27,28)/t14-,15?,18?/m0/s1. The molecule has 0 unspecified atom stereocenters. The van der Waals surface area contributed by atoms with Gasteiger partial charge in [-0.25, -0.2) is 9.50 Å². The van der Waals surface area contributed by atoms with E-state index in [1.54, 1.807) is 7.11 Å². The molecule has 3 heterocycles. The summed E-state index contributed by atoms with van der Waals surface area (Å²) in [5.74, 6) is 0.875. The van der Waals surface area contributed by atoms with E-state index in [2.05, 4.69) is 27.8 Å². The highest BCUT2D eigenvalue weighted by atomic mass is 16.5. The summed E-state index contributed by atoms with van der Waals surface area (Å²) < 4.78 is 7.22. The topological polar surface area (TPSA) is 101 Å². The maximum Gasteiger partial charge on any atom is 0.251 e. The molecule has 1 atom stereocenters. The summed E-state index contributed by atoms with van der Waals surface area (Å²) in [6.07, 6.45) is 5.13. The molecule has 0 spiro atoms. The van der Waals surface area contributed by atoms with Gasteiger partial charge in [0.2, 0.25) is 5.95 Å². The lowest BCUT2D eigenvalue weighted by molar-refractivity contribution is 0.0965. The lowest BCUT2D eigenvalue weighted by Crippen LogP contribution is -2.23. The molecular formula is C24H29N5O3. The molecule has 0 bridgehead atoms. The van der Waals surface area contributed by atoms with Gasteiger partial charge in [-0.1, -0.05) is 6.07 Å². The third-order valence-corrected chi connectivity index (χ3v) is 6.55. The van der Waals surface area contributed by atoms with Gasteiger partial charge in [-0.2, -0.15) is 0 Å². The molecule has 8 heteroatoms. The van der Waals surface area contributed by atoms with Crippen molar-refractivity contribution in [1.29, 1.82) is 0 Å². The van der Waals surface area contributed by atoms with E-state index >= 15 is 0 Å². The van der Waals surface area contributed by atoms with Crippen LogP contribution in [0.1, 0.15) is 60.1 Å². The molecular weight excluding hydrogens is 406 g/mol. The lowest BCUT2D eigenvalue weighted by Gasteiger charge is -2.25. The molecule has 5 rings (SSSR count). The zero-order chi connectivity index (χ0) is 22.2. The van der Waals surface area contributed by atoms with Crippen LogP contribution >= 0.6 is 0 Å². The SMILES string of the molecule is COC[C@H](C)Nc1ncc2c(-c3ccc4c(c3)CNC4=O)cc(C3CCC(O)CC3)n2n1. The number of carbonyl (C=O) groups is 1. The minimum absolute atomic E-state index is 0.0148. The Morgan fingerprint density at radius 1 is 1.25 bits per heavy atom. The van der Waals surface area contributed by atoms with Crippen molar-refractivity contribution in [1.82, 2.24) is 19.9 Å². The number of ether oxygens (including phenoxy) is 1. The summed E-state index contributed by atoms with van der Waals surface area (Å²) in [5.41, 5.74) is 5.95. The predicted octanol–water partition coefficient (Wildman–Crippen LogP) is 3.11. The number of hydrogen-bond donors (Lipinski definition) is 3. The highest BCUT2D eigenvalue weighted by molar-refractivity contribution is 5.99. The Morgan fingerprint density at radius 3 is 2.84 bits per heavy atom. The maximum atomic E-state index is 12.0. The zero-order valence-corrected chi connectivity index (χ0v) is 18.5. The van der Waals surface area contributed by atoms with Crippen LogP contribution in [0.5, 0.6) is 0 Å². The number of aliphatic hydroxyl groups excluding tert-OH is 1. The van der Waals surface area contributed by atoms with Crippen LogP contribution in [0.4, 0.5) is 5.95 Å². The Labute approximate surface area is 187 Å². The van der Waals surface area contributed by atoms with Crippen LogP contribution in [0.25, 0.3) is 16.6 Å². The van der Waals surface area contributed by atoms with Crippen molar-refractivity contribution < 1.29 is 14.6 Å². The Hall–Kier alpha value is -2.97. The third-order valence-electron chi connectivity index (χ3n) is 6.55. The fourth-order valence-electron chi connectivity index (χ4n) is 4.89. The maximum absolute atomic E-state index is 12.0. The van der Waals surface area contributed by atoms with Crippen LogP contribution < -0.4 is 10.6 Å². The smallest absolute Gasteiger partial charge is 0.251 e. The molecule has 32 heavy (non-hydrogen) atoms. The van der Waals surface area contributed by atoms with Crippen molar-refractivity contribution in [3.63, 3.8) is 0 Å². The molecule has 0 saturated heterocycles. The van der Waals surface area contributed by atoms with Crippen molar-refractivity contribution in [3.05, 3.63) is 47.3 Å². The average molecular weight is 436 g/mol. The Bertz CT molecular complexity index is 1150. The number of nitrogens with one attached hydrogen (secondary N) is 2. The summed E-state index contributed by atoms with van der Waals surface area (Å²) in [6.45, 7) is 3.15. The van der Waals surface area contributed by atoms with Crippen LogP contribution in [0.3, 0.4) is 0 Å². The van der Waals surface area contributed by atoms with E-state index in [1.165, 1.54) is 0 Å². The molecule has 1 aliphatic heterocycles. The van der Waals surface area contributed by atoms with E-state index in [1.807, 2.05) is 29.8 Å². The van der Waals surface area contributed by atoms with Crippen LogP contribution in [-0.4, -0.2) is 51.5 Å². The summed E-state index contributed by atoms with van der Waals surface area (Å²) >= 11 is 0. The normalized spacial score (nSPS) is 21.4. The monoisotopic (exact) mass is 435 g/mol. The van der Waals surface area contributed by atoms with Crippen LogP contribution in [-0.2, 0) is 11.3 Å². The van der Waals surface area contributed by atoms with E-state index in [0.717, 1.165) is 59.1 Å². The summed E-state index contributed by atoms with van der Waals surface area (Å²) in [4.78, 5) is 16.5. The molecule has 2 aromatic heterocycles. The summed E-state index contributed by atoms with van der Waals surface area (Å²) in [7, 11) is 1.68. The Balaban J connectivity index is 1.58. The number of amides is 1. The van der Waals surface area contributed by atoms with Gasteiger partial charge in [0.15, 0.2) is 0 Å². The number of hydrogen-bond acceptors (Lipinski definition) is 6. The molecule has 1 aliphatic carbocycles. The molecule has 168 valence electrons. The van der Waals surface area contributed by atoms with Gasteiger partial charge in [-0.3, -0.25) is 4.79 Å². The molecule has 2 aliphatic rings. The van der Waals surface area contributed by atoms with E-state index in [-0.39, 0.29) is 18.1 Å². The van der Waals surface area contributed by atoms with Crippen LogP contribution in [0.2, 0.25) is 0 Å². The number of nitrogens with zero attached hydrogens (tertiary/aromatic N) is 3. The van der Waals surface area contributed by atoms with Crippen LogP contribution in [0.15, 0.2) is 30.5 Å². The zero-order valence-electron chi connectivity index (χ0n) is 18.5. The first-order valence-electron chi connectivity index (χ1n) is 11.3. The van der Waals surface area contributed by atoms with Gasteiger partial charge >= 0.3 is 0 Å². The number of rotatable bonds is 6. The first kappa shape index (κ1) is 20.9. The average Bonchev–Trinajstić information content (AvgIpc) is 3.35. The van der Waals surface area contributed by atoms with Gasteiger partial charge in [0.1, 0.15) is 0 Å². The van der Waals surface area contributed by atoms with Gasteiger partial charge in [0.05, 0.1) is 24.4 Å². The minimum atomic E-state index is -0.208. The molecule has 1 aromatic carbocycles. The second kappa shape index (κ2) is 8.52. The molecule has 3 N–H and O–H groups in total. The number of aromatic nitrogens is 3. The number of methoxy groups -OCH3 is 1. The largest absolute Gasteiger partial charge is 0.393 e. The van der Waals surface area contributed by atoms with Gasteiger partial charge in [-0.05, 0) is 61.9 Å². The summed E-state index contributed by atoms with van der Waals surface area (Å²) in [5, 5.41) is 21.0. The van der Waals surface area contributed by atoms with Crippen molar-refractivity contribution >= 4 is 17.4 Å². The fourth-order valence-corrected chi connectivity index (χ4v) is 4.89. The molecule has 1 amide bonds. The highest BCUT2D eigenvalue weighted by Gasteiger charge is 2.26. The molecule has 1 saturated carbocycles. The van der Waals surface area contributed by atoms with E-state index in [0.29, 0.717) is 25.0 Å². The minimum Gasteiger partial charge on any atom is -0.393 e. The van der Waals surface area contributed by atoms with Crippen molar-refractivity contribution in [2.24, 2.45) is 0 Å². The van der Waals surface area contributed by atoms with Gasteiger partial charge in [-0.15, -0.1) is 5.10 Å². The molecule has 3 aromatic rings. The third kappa shape index (κ3) is 3.84. The Morgan fingerprint density at radius 2 is 2.06 bits per heavy atom. The molecule has 1 fully saturated rings. The van der Waals surface area contributed by atoms with E-state index in [9.17, 15) is 9.90 Å². The van der Waals surface area contributed by atoms with Gasteiger partial charge < -0.3 is 20.5 Å². The predicted molar refractivity (Wildman–Crippen MR) is 122 cm³/mol. The van der Waals surface area contributed by atoms with Gasteiger partial charge in [0.25, 0.3) is 5.91 Å². The lowest BCUT2D eigenvalue weighted by atomic mass is 9.85. The first-order chi connectivity index (χ1) is 15.5. The van der Waals surface area contributed by atoms with Gasteiger partial charge in [0, 0.05) is 42.4 Å². The van der Waals surface area contributed by atoms with Crippen molar-refractivity contribution in [3.8, 4) is 11.1 Å². The first-order valence-corrected chi connectivity index (χ1v) is 11.3. The Kier molecular flexibility index (Phi) is 5.57. The van der Waals surface area contributed by atoms with E-state index < -0.39 is 0 Å². The van der Waals surface area contributed by atoms with Crippen molar-refractivity contribution in [2.45, 2.75) is 57.2 Å². The molecule has 0 radical (unpaired) electrons.